The van der Waals surface area contributed by atoms with E-state index in [1.165, 1.54) is 5.57 Å². The van der Waals surface area contributed by atoms with Crippen molar-refractivity contribution in [2.24, 2.45) is 23.1 Å². The predicted molar refractivity (Wildman–Crippen MR) is 114 cm³/mol. The van der Waals surface area contributed by atoms with E-state index in [1.54, 1.807) is 6.92 Å². The molecule has 0 aliphatic carbocycles. The topological polar surface area (TPSA) is 131 Å². The molecule has 0 saturated heterocycles. The highest BCUT2D eigenvalue weighted by Crippen LogP contribution is 2.09. The van der Waals surface area contributed by atoms with Gasteiger partial charge in [-0.05, 0) is 65.5 Å². The number of hydrogen-bond donors (Lipinski definition) is 6. The van der Waals surface area contributed by atoms with Gasteiger partial charge in [0, 0.05) is 5.57 Å². The van der Waals surface area contributed by atoms with Crippen molar-refractivity contribution in [3.05, 3.63) is 35.5 Å². The Balaban J connectivity index is 4.05. The second-order valence-electron chi connectivity index (χ2n) is 7.16. The van der Waals surface area contributed by atoms with E-state index in [0.29, 0.717) is 18.0 Å². The van der Waals surface area contributed by atoms with Crippen LogP contribution in [0.4, 0.5) is 0 Å². The van der Waals surface area contributed by atoms with Gasteiger partial charge in [-0.3, -0.25) is 21.2 Å². The fourth-order valence-corrected chi connectivity index (χ4v) is 2.28. The van der Waals surface area contributed by atoms with Crippen molar-refractivity contribution in [2.75, 3.05) is 13.1 Å². The van der Waals surface area contributed by atoms with E-state index in [9.17, 15) is 4.79 Å². The van der Waals surface area contributed by atoms with Crippen LogP contribution in [0.3, 0.4) is 0 Å². The standard InChI is InChI=1S/C20H40N6O/c1-15(2)9-7-10-16(3)11-8-12-17(4)18(27)26-20(23)25-14-6-5-13-24-19(21)22/h8-9,11-12,16,19-20,24-25H,5-7,10,13-14,21-23H2,1-4H3,(H,26,27). The number of hydrogen-bond acceptors (Lipinski definition) is 6. The maximum Gasteiger partial charge on any atom is 0.249 e. The maximum atomic E-state index is 12.1. The summed E-state index contributed by atoms with van der Waals surface area (Å²) in [5.41, 5.74) is 18.6. The zero-order valence-corrected chi connectivity index (χ0v) is 17.4. The number of amides is 1. The van der Waals surface area contributed by atoms with Crippen LogP contribution in [-0.2, 0) is 4.79 Å². The first-order valence-corrected chi connectivity index (χ1v) is 9.75. The third kappa shape index (κ3) is 16.4. The molecule has 156 valence electrons. The number of rotatable bonds is 14. The van der Waals surface area contributed by atoms with Crippen molar-refractivity contribution in [1.82, 2.24) is 16.0 Å². The van der Waals surface area contributed by atoms with Crippen LogP contribution < -0.4 is 33.2 Å². The van der Waals surface area contributed by atoms with Gasteiger partial charge in [-0.2, -0.15) is 0 Å². The summed E-state index contributed by atoms with van der Waals surface area (Å²) >= 11 is 0. The number of unbranched alkanes of at least 4 members (excludes halogenated alkanes) is 1. The molecule has 0 aliphatic rings. The molecule has 2 unspecified atom stereocenters. The van der Waals surface area contributed by atoms with E-state index in [-0.39, 0.29) is 5.91 Å². The first kappa shape index (κ1) is 25.5. The third-order valence-electron chi connectivity index (χ3n) is 3.95. The lowest BCUT2D eigenvalue weighted by molar-refractivity contribution is -0.118. The molecule has 0 rings (SSSR count). The minimum absolute atomic E-state index is 0.174. The lowest BCUT2D eigenvalue weighted by Crippen LogP contribution is -2.52. The molecule has 0 heterocycles. The summed E-state index contributed by atoms with van der Waals surface area (Å²) in [4.78, 5) is 12.1. The average Bonchev–Trinajstić information content (AvgIpc) is 2.57. The van der Waals surface area contributed by atoms with Gasteiger partial charge >= 0.3 is 0 Å². The number of carbonyl (C=O) groups is 1. The molecule has 7 heteroatoms. The Kier molecular flexibility index (Phi) is 14.7. The molecule has 0 saturated carbocycles. The largest absolute Gasteiger partial charge is 0.324 e. The molecule has 0 aromatic rings. The smallest absolute Gasteiger partial charge is 0.249 e. The number of nitrogens with one attached hydrogen (secondary N) is 3. The summed E-state index contributed by atoms with van der Waals surface area (Å²) < 4.78 is 0. The molecular formula is C20H40N6O. The van der Waals surface area contributed by atoms with Crippen molar-refractivity contribution in [1.29, 1.82) is 0 Å². The summed E-state index contributed by atoms with van der Waals surface area (Å²) in [6, 6.07) is 0. The Labute approximate surface area is 164 Å². The molecule has 0 aromatic carbocycles. The van der Waals surface area contributed by atoms with Gasteiger partial charge in [-0.25, -0.2) is 0 Å². The highest BCUT2D eigenvalue weighted by molar-refractivity contribution is 5.93. The van der Waals surface area contributed by atoms with Crippen LogP contribution in [0.25, 0.3) is 0 Å². The highest BCUT2D eigenvalue weighted by Gasteiger charge is 2.07. The number of carbonyl (C=O) groups excluding carboxylic acids is 1. The second-order valence-corrected chi connectivity index (χ2v) is 7.16. The van der Waals surface area contributed by atoms with Crippen molar-refractivity contribution in [2.45, 2.75) is 66.0 Å². The molecule has 0 bridgehead atoms. The minimum atomic E-state index is -0.572. The molecule has 2 atom stereocenters. The zero-order valence-electron chi connectivity index (χ0n) is 17.4. The van der Waals surface area contributed by atoms with Crippen LogP contribution in [0.1, 0.15) is 53.4 Å². The number of nitrogens with two attached hydrogens (primary N) is 3. The highest BCUT2D eigenvalue weighted by atomic mass is 16.2. The van der Waals surface area contributed by atoms with Crippen LogP contribution in [0, 0.1) is 5.92 Å². The van der Waals surface area contributed by atoms with Crippen LogP contribution in [0.2, 0.25) is 0 Å². The van der Waals surface area contributed by atoms with Gasteiger partial charge in [0.1, 0.15) is 12.6 Å². The molecule has 0 radical (unpaired) electrons. The van der Waals surface area contributed by atoms with Crippen molar-refractivity contribution in [3.63, 3.8) is 0 Å². The van der Waals surface area contributed by atoms with Gasteiger partial charge in [0.05, 0.1) is 0 Å². The lowest BCUT2D eigenvalue weighted by atomic mass is 10.0. The molecule has 0 fully saturated rings. The van der Waals surface area contributed by atoms with Crippen molar-refractivity contribution >= 4 is 5.91 Å². The molecule has 0 aromatic heterocycles. The van der Waals surface area contributed by atoms with Gasteiger partial charge in [-0.15, -0.1) is 0 Å². The zero-order chi connectivity index (χ0) is 20.7. The van der Waals surface area contributed by atoms with Gasteiger partial charge < -0.3 is 16.8 Å². The van der Waals surface area contributed by atoms with Gasteiger partial charge in [0.15, 0.2) is 0 Å². The van der Waals surface area contributed by atoms with E-state index >= 15 is 0 Å². The van der Waals surface area contributed by atoms with Crippen LogP contribution in [0.5, 0.6) is 0 Å². The molecule has 0 spiro atoms. The lowest BCUT2D eigenvalue weighted by Gasteiger charge is -2.16. The van der Waals surface area contributed by atoms with Crippen LogP contribution in [-0.4, -0.2) is 31.6 Å². The quantitative estimate of drug-likeness (QED) is 0.0887. The predicted octanol–water partition coefficient (Wildman–Crippen LogP) is 1.39. The molecule has 0 aliphatic heterocycles. The van der Waals surface area contributed by atoms with Crippen LogP contribution in [0.15, 0.2) is 35.5 Å². The van der Waals surface area contributed by atoms with E-state index in [1.807, 2.05) is 12.2 Å². The van der Waals surface area contributed by atoms with Gasteiger partial charge in [0.2, 0.25) is 5.91 Å². The summed E-state index contributed by atoms with van der Waals surface area (Å²) in [6.45, 7) is 9.63. The van der Waals surface area contributed by atoms with Gasteiger partial charge in [0.25, 0.3) is 0 Å². The summed E-state index contributed by atoms with van der Waals surface area (Å²) in [5.74, 6) is 0.299. The second kappa shape index (κ2) is 15.5. The fraction of sp³-hybridized carbons (Fsp3) is 0.650. The van der Waals surface area contributed by atoms with E-state index in [0.717, 1.165) is 32.2 Å². The van der Waals surface area contributed by atoms with E-state index < -0.39 is 12.6 Å². The fourth-order valence-electron chi connectivity index (χ4n) is 2.28. The average molecular weight is 381 g/mol. The SMILES string of the molecule is CC(C)=CCCC(C)C=CC=C(C)C(=O)NC(N)NCCCCNC(N)N. The van der Waals surface area contributed by atoms with Crippen molar-refractivity contribution < 1.29 is 4.79 Å². The Morgan fingerprint density at radius 2 is 1.67 bits per heavy atom. The summed E-state index contributed by atoms with van der Waals surface area (Å²) in [6.07, 6.45) is 11.1. The first-order chi connectivity index (χ1) is 12.7. The van der Waals surface area contributed by atoms with Crippen LogP contribution >= 0.6 is 0 Å². The Bertz CT molecular complexity index is 495. The van der Waals surface area contributed by atoms with Gasteiger partial charge in [-0.1, -0.05) is 36.8 Å². The monoisotopic (exact) mass is 380 g/mol. The minimum Gasteiger partial charge on any atom is -0.324 e. The molecule has 7 nitrogen and oxygen atoms in total. The maximum absolute atomic E-state index is 12.1. The summed E-state index contributed by atoms with van der Waals surface area (Å²) in [7, 11) is 0. The molecular weight excluding hydrogens is 340 g/mol. The molecule has 9 N–H and O–H groups in total. The number of allylic oxidation sites excluding steroid dienone is 5. The summed E-state index contributed by atoms with van der Waals surface area (Å²) in [5, 5.41) is 8.74. The Morgan fingerprint density at radius 3 is 2.26 bits per heavy atom. The normalized spacial score (nSPS) is 14.4. The molecule has 27 heavy (non-hydrogen) atoms. The van der Waals surface area contributed by atoms with E-state index in [2.05, 4.69) is 48.9 Å². The Hall–Kier alpha value is -1.51. The molecule has 1 amide bonds. The third-order valence-corrected chi connectivity index (χ3v) is 3.95. The Morgan fingerprint density at radius 1 is 1.04 bits per heavy atom. The van der Waals surface area contributed by atoms with E-state index in [4.69, 9.17) is 17.2 Å². The first-order valence-electron chi connectivity index (χ1n) is 9.75. The van der Waals surface area contributed by atoms with Crippen molar-refractivity contribution in [3.8, 4) is 0 Å².